The van der Waals surface area contributed by atoms with Gasteiger partial charge in [-0.15, -0.1) is 10.2 Å². The van der Waals surface area contributed by atoms with E-state index in [9.17, 15) is 0 Å². The highest BCUT2D eigenvalue weighted by Gasteiger charge is 2.12. The van der Waals surface area contributed by atoms with Crippen molar-refractivity contribution in [2.75, 3.05) is 38.6 Å². The van der Waals surface area contributed by atoms with E-state index in [1.54, 1.807) is 0 Å². The number of nitrogens with two attached hydrogens (primary N) is 1. The Balaban J connectivity index is 1.70. The Morgan fingerprint density at radius 2 is 2.11 bits per heavy atom. The third-order valence-corrected chi connectivity index (χ3v) is 3.26. The molecule has 2 N–H and O–H groups in total. The number of fused-ring (bicyclic) bond motifs is 1. The maximum Gasteiger partial charge on any atom is 0.162 e. The Morgan fingerprint density at radius 1 is 1.28 bits per heavy atom. The zero-order chi connectivity index (χ0) is 12.4. The lowest BCUT2D eigenvalue weighted by molar-refractivity contribution is 0.0382. The molecule has 3 heterocycles. The number of morpholine rings is 1. The molecule has 3 rings (SSSR count). The first-order valence-corrected chi connectivity index (χ1v) is 6.22. The lowest BCUT2D eigenvalue weighted by Gasteiger charge is -2.26. The quantitative estimate of drug-likeness (QED) is 0.838. The van der Waals surface area contributed by atoms with E-state index in [4.69, 9.17) is 10.5 Å². The van der Waals surface area contributed by atoms with Crippen molar-refractivity contribution in [2.45, 2.75) is 6.42 Å². The molecular formula is C12H17N5O. The summed E-state index contributed by atoms with van der Waals surface area (Å²) in [5.74, 6) is 0.983. The second kappa shape index (κ2) is 4.91. The second-order valence-electron chi connectivity index (χ2n) is 4.51. The first-order valence-electron chi connectivity index (χ1n) is 6.22. The van der Waals surface area contributed by atoms with Gasteiger partial charge in [0.05, 0.1) is 13.2 Å². The molecule has 18 heavy (non-hydrogen) atoms. The van der Waals surface area contributed by atoms with Crippen molar-refractivity contribution in [1.29, 1.82) is 0 Å². The van der Waals surface area contributed by atoms with Gasteiger partial charge in [-0.25, -0.2) is 0 Å². The van der Waals surface area contributed by atoms with Gasteiger partial charge in [0, 0.05) is 44.0 Å². The molecule has 0 amide bonds. The summed E-state index contributed by atoms with van der Waals surface area (Å²) in [6, 6.07) is 3.71. The molecule has 2 aromatic heterocycles. The van der Waals surface area contributed by atoms with Gasteiger partial charge in [0.15, 0.2) is 5.65 Å². The molecule has 0 aliphatic carbocycles. The molecule has 0 spiro atoms. The number of nitrogen functional groups attached to an aromatic ring is 1. The van der Waals surface area contributed by atoms with E-state index in [1.807, 2.05) is 22.7 Å². The average molecular weight is 247 g/mol. The van der Waals surface area contributed by atoms with Gasteiger partial charge in [-0.2, -0.15) is 0 Å². The fourth-order valence-corrected chi connectivity index (χ4v) is 2.21. The van der Waals surface area contributed by atoms with Crippen molar-refractivity contribution < 1.29 is 4.74 Å². The van der Waals surface area contributed by atoms with E-state index in [0.29, 0.717) is 0 Å². The number of ether oxygens (including phenoxy) is 1. The van der Waals surface area contributed by atoms with E-state index in [0.717, 1.165) is 56.4 Å². The van der Waals surface area contributed by atoms with E-state index in [2.05, 4.69) is 15.1 Å². The second-order valence-corrected chi connectivity index (χ2v) is 4.51. The van der Waals surface area contributed by atoms with Crippen LogP contribution in [0.1, 0.15) is 5.82 Å². The minimum Gasteiger partial charge on any atom is -0.399 e. The van der Waals surface area contributed by atoms with Crippen LogP contribution >= 0.6 is 0 Å². The molecule has 0 saturated carbocycles. The maximum atomic E-state index is 5.72. The fraction of sp³-hybridized carbons (Fsp3) is 0.500. The molecule has 0 radical (unpaired) electrons. The van der Waals surface area contributed by atoms with Crippen molar-refractivity contribution in [3.05, 3.63) is 24.2 Å². The highest BCUT2D eigenvalue weighted by Crippen LogP contribution is 2.09. The molecule has 0 atom stereocenters. The van der Waals surface area contributed by atoms with Crippen LogP contribution in [0.2, 0.25) is 0 Å². The zero-order valence-electron chi connectivity index (χ0n) is 10.2. The van der Waals surface area contributed by atoms with Crippen molar-refractivity contribution >= 4 is 11.3 Å². The number of nitrogens with zero attached hydrogens (tertiary/aromatic N) is 4. The molecule has 1 aliphatic heterocycles. The topological polar surface area (TPSA) is 68.7 Å². The molecule has 2 aromatic rings. The summed E-state index contributed by atoms with van der Waals surface area (Å²) in [4.78, 5) is 2.39. The van der Waals surface area contributed by atoms with Gasteiger partial charge in [0.25, 0.3) is 0 Å². The van der Waals surface area contributed by atoms with Crippen LogP contribution in [0.4, 0.5) is 5.69 Å². The first-order chi connectivity index (χ1) is 8.83. The fourth-order valence-electron chi connectivity index (χ4n) is 2.21. The summed E-state index contributed by atoms with van der Waals surface area (Å²) >= 11 is 0. The molecule has 1 saturated heterocycles. The Labute approximate surface area is 105 Å². The summed E-state index contributed by atoms with van der Waals surface area (Å²) in [6.07, 6.45) is 2.82. The minimum absolute atomic E-state index is 0.717. The number of rotatable bonds is 3. The summed E-state index contributed by atoms with van der Waals surface area (Å²) in [5, 5.41) is 8.35. The van der Waals surface area contributed by atoms with Crippen LogP contribution in [0.15, 0.2) is 18.3 Å². The Bertz CT molecular complexity index is 532. The van der Waals surface area contributed by atoms with E-state index in [1.165, 1.54) is 0 Å². The van der Waals surface area contributed by atoms with Gasteiger partial charge in [0.1, 0.15) is 5.82 Å². The standard InChI is InChI=1S/C12H17N5O/c13-10-1-4-17-11(14-15-12(17)9-10)2-3-16-5-7-18-8-6-16/h1,4,9H,2-3,5-8,13H2. The first kappa shape index (κ1) is 11.4. The van der Waals surface area contributed by atoms with Gasteiger partial charge >= 0.3 is 0 Å². The highest BCUT2D eigenvalue weighted by atomic mass is 16.5. The highest BCUT2D eigenvalue weighted by molar-refractivity contribution is 5.51. The van der Waals surface area contributed by atoms with Crippen LogP contribution in [-0.4, -0.2) is 52.3 Å². The number of hydrogen-bond donors (Lipinski definition) is 1. The minimum atomic E-state index is 0.717. The molecule has 0 bridgehead atoms. The van der Waals surface area contributed by atoms with Crippen LogP contribution in [0.5, 0.6) is 0 Å². The van der Waals surface area contributed by atoms with Gasteiger partial charge < -0.3 is 10.5 Å². The van der Waals surface area contributed by atoms with E-state index >= 15 is 0 Å². The van der Waals surface area contributed by atoms with Gasteiger partial charge in [-0.3, -0.25) is 9.30 Å². The number of aromatic nitrogens is 3. The molecule has 96 valence electrons. The van der Waals surface area contributed by atoms with E-state index in [-0.39, 0.29) is 0 Å². The van der Waals surface area contributed by atoms with Crippen LogP contribution in [0.25, 0.3) is 5.65 Å². The molecule has 0 aromatic carbocycles. The smallest absolute Gasteiger partial charge is 0.162 e. The van der Waals surface area contributed by atoms with Crippen LogP contribution in [0, 0.1) is 0 Å². The predicted molar refractivity (Wildman–Crippen MR) is 68.4 cm³/mol. The van der Waals surface area contributed by atoms with Crippen LogP contribution in [0.3, 0.4) is 0 Å². The molecule has 1 aliphatic rings. The number of hydrogen-bond acceptors (Lipinski definition) is 5. The van der Waals surface area contributed by atoms with Crippen molar-refractivity contribution in [1.82, 2.24) is 19.5 Å². The van der Waals surface area contributed by atoms with Gasteiger partial charge in [0.2, 0.25) is 0 Å². The molecule has 1 fully saturated rings. The average Bonchev–Trinajstić information content (AvgIpc) is 2.80. The summed E-state index contributed by atoms with van der Waals surface area (Å²) in [6.45, 7) is 4.66. The Kier molecular flexibility index (Phi) is 3.12. The molecule has 6 heteroatoms. The molecule has 6 nitrogen and oxygen atoms in total. The van der Waals surface area contributed by atoms with Crippen molar-refractivity contribution in [3.63, 3.8) is 0 Å². The molecular weight excluding hydrogens is 230 g/mol. The van der Waals surface area contributed by atoms with Crippen LogP contribution < -0.4 is 5.73 Å². The molecule has 0 unspecified atom stereocenters. The third kappa shape index (κ3) is 2.30. The third-order valence-electron chi connectivity index (χ3n) is 3.26. The van der Waals surface area contributed by atoms with Gasteiger partial charge in [-0.05, 0) is 6.07 Å². The van der Waals surface area contributed by atoms with Crippen molar-refractivity contribution in [3.8, 4) is 0 Å². The van der Waals surface area contributed by atoms with E-state index < -0.39 is 0 Å². The van der Waals surface area contributed by atoms with Crippen molar-refractivity contribution in [2.24, 2.45) is 0 Å². The Morgan fingerprint density at radius 3 is 2.94 bits per heavy atom. The van der Waals surface area contributed by atoms with Gasteiger partial charge in [-0.1, -0.05) is 0 Å². The largest absolute Gasteiger partial charge is 0.399 e. The lowest BCUT2D eigenvalue weighted by atomic mass is 10.3. The zero-order valence-corrected chi connectivity index (χ0v) is 10.2. The maximum absolute atomic E-state index is 5.72. The monoisotopic (exact) mass is 247 g/mol. The Hall–Kier alpha value is -1.66. The summed E-state index contributed by atoms with van der Waals surface area (Å²) < 4.78 is 7.33. The normalized spacial score (nSPS) is 17.3. The lowest BCUT2D eigenvalue weighted by Crippen LogP contribution is -2.37. The predicted octanol–water partition coefficient (Wildman–Crippen LogP) is 0.186. The van der Waals surface area contributed by atoms with Crippen LogP contribution in [-0.2, 0) is 11.2 Å². The SMILES string of the molecule is Nc1ccn2c(CCN3CCOCC3)nnc2c1. The number of pyridine rings is 1. The number of anilines is 1. The summed E-state index contributed by atoms with van der Waals surface area (Å²) in [5.41, 5.74) is 7.25. The summed E-state index contributed by atoms with van der Waals surface area (Å²) in [7, 11) is 0.